The Morgan fingerprint density at radius 1 is 1.09 bits per heavy atom. The third-order valence-corrected chi connectivity index (χ3v) is 4.43. The topological polar surface area (TPSA) is 58.1 Å². The van der Waals surface area contributed by atoms with Crippen molar-refractivity contribution in [3.8, 4) is 0 Å². The molecule has 1 saturated heterocycles. The second-order valence-electron chi connectivity index (χ2n) is 5.40. The summed E-state index contributed by atoms with van der Waals surface area (Å²) in [5.74, 6) is 0.641. The van der Waals surface area contributed by atoms with Gasteiger partial charge in [0.2, 0.25) is 0 Å². The molecule has 1 amide bonds. The molecule has 0 radical (unpaired) electrons. The van der Waals surface area contributed by atoms with E-state index in [0.29, 0.717) is 11.3 Å². The van der Waals surface area contributed by atoms with E-state index in [4.69, 9.17) is 23.2 Å². The summed E-state index contributed by atoms with van der Waals surface area (Å²) in [7, 11) is 0. The lowest BCUT2D eigenvalue weighted by molar-refractivity contribution is 0.102. The van der Waals surface area contributed by atoms with Gasteiger partial charge in [-0.25, -0.2) is 9.97 Å². The van der Waals surface area contributed by atoms with Crippen molar-refractivity contribution in [3.63, 3.8) is 0 Å². The summed E-state index contributed by atoms with van der Waals surface area (Å²) >= 11 is 11.6. The molecule has 0 atom stereocenters. The molecule has 7 heteroatoms. The van der Waals surface area contributed by atoms with Crippen molar-refractivity contribution in [3.05, 3.63) is 46.3 Å². The molecule has 120 valence electrons. The number of nitrogens with one attached hydrogen (secondary N) is 1. The molecular formula is C16H16Cl2N4O. The minimum Gasteiger partial charge on any atom is -0.357 e. The van der Waals surface area contributed by atoms with E-state index in [1.54, 1.807) is 6.20 Å². The van der Waals surface area contributed by atoms with Gasteiger partial charge in [-0.05, 0) is 37.5 Å². The zero-order chi connectivity index (χ0) is 16.2. The Kier molecular flexibility index (Phi) is 4.98. The maximum Gasteiger partial charge on any atom is 0.257 e. The van der Waals surface area contributed by atoms with Crippen molar-refractivity contribution in [2.75, 3.05) is 23.3 Å². The Balaban J connectivity index is 1.67. The second kappa shape index (κ2) is 7.15. The van der Waals surface area contributed by atoms with Crippen LogP contribution in [0.15, 0.2) is 30.6 Å². The van der Waals surface area contributed by atoms with Gasteiger partial charge in [0.1, 0.15) is 11.0 Å². The summed E-state index contributed by atoms with van der Waals surface area (Å²) in [6.45, 7) is 2.07. The van der Waals surface area contributed by atoms with Gasteiger partial charge in [-0.2, -0.15) is 0 Å². The smallest absolute Gasteiger partial charge is 0.257 e. The molecule has 1 aliphatic rings. The Labute approximate surface area is 144 Å². The standard InChI is InChI=1S/C16H16Cl2N4O/c17-13-8-11(9-20-15(13)18)16(23)21-12-4-5-14(19-10-12)22-6-2-1-3-7-22/h4-5,8-10H,1-3,6-7H2,(H,21,23). The normalized spacial score (nSPS) is 14.6. The van der Waals surface area contributed by atoms with Crippen LogP contribution in [0.1, 0.15) is 29.6 Å². The highest BCUT2D eigenvalue weighted by Gasteiger charge is 2.13. The van der Waals surface area contributed by atoms with Crippen LogP contribution in [-0.4, -0.2) is 29.0 Å². The molecule has 2 aromatic heterocycles. The van der Waals surface area contributed by atoms with Crippen LogP contribution in [0.2, 0.25) is 10.2 Å². The van der Waals surface area contributed by atoms with Gasteiger partial charge in [0.15, 0.2) is 0 Å². The van der Waals surface area contributed by atoms with E-state index in [1.165, 1.54) is 31.5 Å². The fraction of sp³-hybridized carbons (Fsp3) is 0.312. The zero-order valence-corrected chi connectivity index (χ0v) is 13.9. The third-order valence-electron chi connectivity index (χ3n) is 3.74. The number of carbonyl (C=O) groups excluding carboxylic acids is 1. The van der Waals surface area contributed by atoms with E-state index in [2.05, 4.69) is 20.2 Å². The highest BCUT2D eigenvalue weighted by atomic mass is 35.5. The van der Waals surface area contributed by atoms with E-state index in [-0.39, 0.29) is 16.1 Å². The predicted molar refractivity (Wildman–Crippen MR) is 92.5 cm³/mol. The van der Waals surface area contributed by atoms with Crippen molar-refractivity contribution >= 4 is 40.6 Å². The molecule has 0 saturated carbocycles. The van der Waals surface area contributed by atoms with Gasteiger partial charge < -0.3 is 10.2 Å². The van der Waals surface area contributed by atoms with Gasteiger partial charge >= 0.3 is 0 Å². The molecule has 3 heterocycles. The summed E-state index contributed by atoms with van der Waals surface area (Å²) in [5, 5.41) is 3.20. The summed E-state index contributed by atoms with van der Waals surface area (Å²) in [5.41, 5.74) is 0.973. The maximum atomic E-state index is 12.2. The van der Waals surface area contributed by atoms with Gasteiger partial charge in [-0.3, -0.25) is 4.79 Å². The van der Waals surface area contributed by atoms with Crippen LogP contribution in [-0.2, 0) is 0 Å². The van der Waals surface area contributed by atoms with Crippen LogP contribution in [0.5, 0.6) is 0 Å². The number of piperidine rings is 1. The quantitative estimate of drug-likeness (QED) is 0.849. The highest BCUT2D eigenvalue weighted by Crippen LogP contribution is 2.21. The largest absolute Gasteiger partial charge is 0.357 e. The number of hydrogen-bond donors (Lipinski definition) is 1. The van der Waals surface area contributed by atoms with Crippen LogP contribution >= 0.6 is 23.2 Å². The molecule has 2 aromatic rings. The van der Waals surface area contributed by atoms with Gasteiger partial charge in [-0.1, -0.05) is 23.2 Å². The summed E-state index contributed by atoms with van der Waals surface area (Å²) < 4.78 is 0. The number of rotatable bonds is 3. The number of pyridine rings is 2. The molecule has 23 heavy (non-hydrogen) atoms. The number of amides is 1. The van der Waals surface area contributed by atoms with E-state index in [0.717, 1.165) is 18.9 Å². The molecule has 1 fully saturated rings. The van der Waals surface area contributed by atoms with Crippen molar-refractivity contribution < 1.29 is 4.79 Å². The van der Waals surface area contributed by atoms with Gasteiger partial charge in [-0.15, -0.1) is 0 Å². The molecule has 0 bridgehead atoms. The average molecular weight is 351 g/mol. The molecule has 0 aliphatic carbocycles. The van der Waals surface area contributed by atoms with Gasteiger partial charge in [0.05, 0.1) is 22.5 Å². The minimum absolute atomic E-state index is 0.177. The van der Waals surface area contributed by atoms with Crippen LogP contribution in [0.3, 0.4) is 0 Å². The fourth-order valence-electron chi connectivity index (χ4n) is 2.52. The number of hydrogen-bond acceptors (Lipinski definition) is 4. The fourth-order valence-corrected chi connectivity index (χ4v) is 2.79. The molecule has 1 aliphatic heterocycles. The van der Waals surface area contributed by atoms with Crippen molar-refractivity contribution in [1.29, 1.82) is 0 Å². The molecule has 5 nitrogen and oxygen atoms in total. The molecule has 0 unspecified atom stereocenters. The average Bonchev–Trinajstić information content (AvgIpc) is 2.59. The number of anilines is 2. The Morgan fingerprint density at radius 2 is 1.87 bits per heavy atom. The Bertz CT molecular complexity index is 700. The van der Waals surface area contributed by atoms with E-state index in [9.17, 15) is 4.79 Å². The van der Waals surface area contributed by atoms with Crippen LogP contribution in [0.4, 0.5) is 11.5 Å². The number of aromatic nitrogens is 2. The van der Waals surface area contributed by atoms with E-state index >= 15 is 0 Å². The predicted octanol–water partition coefficient (Wildman–Crippen LogP) is 4.03. The van der Waals surface area contributed by atoms with Crippen LogP contribution in [0.25, 0.3) is 0 Å². The van der Waals surface area contributed by atoms with Crippen LogP contribution < -0.4 is 10.2 Å². The first-order chi connectivity index (χ1) is 11.1. The van der Waals surface area contributed by atoms with Crippen molar-refractivity contribution in [2.24, 2.45) is 0 Å². The molecule has 0 spiro atoms. The molecule has 0 aromatic carbocycles. The molecule has 1 N–H and O–H groups in total. The summed E-state index contributed by atoms with van der Waals surface area (Å²) in [6, 6.07) is 5.26. The lowest BCUT2D eigenvalue weighted by Crippen LogP contribution is -2.30. The zero-order valence-electron chi connectivity index (χ0n) is 12.4. The number of carbonyl (C=O) groups is 1. The Hall–Kier alpha value is -1.85. The maximum absolute atomic E-state index is 12.2. The SMILES string of the molecule is O=C(Nc1ccc(N2CCCCC2)nc1)c1cnc(Cl)c(Cl)c1. The molecule has 3 rings (SSSR count). The van der Waals surface area contributed by atoms with Crippen molar-refractivity contribution in [2.45, 2.75) is 19.3 Å². The summed E-state index contributed by atoms with van der Waals surface area (Å²) in [6.07, 6.45) is 6.73. The monoisotopic (exact) mass is 350 g/mol. The van der Waals surface area contributed by atoms with Crippen molar-refractivity contribution in [1.82, 2.24) is 9.97 Å². The van der Waals surface area contributed by atoms with Gasteiger partial charge in [0.25, 0.3) is 5.91 Å². The van der Waals surface area contributed by atoms with E-state index < -0.39 is 0 Å². The lowest BCUT2D eigenvalue weighted by Gasteiger charge is -2.27. The van der Waals surface area contributed by atoms with Crippen LogP contribution in [0, 0.1) is 0 Å². The minimum atomic E-state index is -0.302. The highest BCUT2D eigenvalue weighted by molar-refractivity contribution is 6.41. The second-order valence-corrected chi connectivity index (χ2v) is 6.17. The Morgan fingerprint density at radius 3 is 2.52 bits per heavy atom. The lowest BCUT2D eigenvalue weighted by atomic mass is 10.1. The number of nitrogens with zero attached hydrogens (tertiary/aromatic N) is 3. The van der Waals surface area contributed by atoms with Gasteiger partial charge in [0, 0.05) is 19.3 Å². The first kappa shape index (κ1) is 16.0. The first-order valence-electron chi connectivity index (χ1n) is 7.47. The summed E-state index contributed by atoms with van der Waals surface area (Å²) in [4.78, 5) is 22.7. The number of halogens is 2. The molecular weight excluding hydrogens is 335 g/mol. The third kappa shape index (κ3) is 3.92. The first-order valence-corrected chi connectivity index (χ1v) is 8.22. The van der Waals surface area contributed by atoms with E-state index in [1.807, 2.05) is 12.1 Å².